The van der Waals surface area contributed by atoms with Gasteiger partial charge in [-0.1, -0.05) is 42.5 Å². The number of para-hydroxylation sites is 1. The second kappa shape index (κ2) is 10.6. The van der Waals surface area contributed by atoms with Gasteiger partial charge in [-0.05, 0) is 61.7 Å². The van der Waals surface area contributed by atoms with Crippen molar-refractivity contribution < 1.29 is 17.9 Å². The predicted octanol–water partition coefficient (Wildman–Crippen LogP) is 4.25. The highest BCUT2D eigenvalue weighted by atomic mass is 32.2. The van der Waals surface area contributed by atoms with E-state index in [9.17, 15) is 13.2 Å². The fourth-order valence-corrected chi connectivity index (χ4v) is 4.18. The molecule has 3 aromatic carbocycles. The molecule has 0 atom stereocenters. The molecule has 0 bridgehead atoms. The maximum Gasteiger partial charge on any atom is 0.261 e. The summed E-state index contributed by atoms with van der Waals surface area (Å²) in [6.07, 6.45) is 1.58. The van der Waals surface area contributed by atoms with Crippen molar-refractivity contribution in [3.8, 4) is 5.75 Å². The van der Waals surface area contributed by atoms with Gasteiger partial charge in [0.15, 0.2) is 0 Å². The number of nitrogens with one attached hydrogen (secondary N) is 2. The van der Waals surface area contributed by atoms with Crippen LogP contribution in [0.5, 0.6) is 5.75 Å². The van der Waals surface area contributed by atoms with E-state index in [1.807, 2.05) is 31.2 Å². The SMILES string of the molecule is CCOc1ccc(CCCNC(=O)c2ccccc2NS(=O)(=O)c2ccccc2)cc1. The Morgan fingerprint density at radius 2 is 1.58 bits per heavy atom. The quantitative estimate of drug-likeness (QED) is 0.464. The average molecular weight is 439 g/mol. The minimum Gasteiger partial charge on any atom is -0.494 e. The Hall–Kier alpha value is -3.32. The molecule has 3 aromatic rings. The zero-order valence-corrected chi connectivity index (χ0v) is 18.2. The van der Waals surface area contributed by atoms with Crippen molar-refractivity contribution in [2.45, 2.75) is 24.7 Å². The van der Waals surface area contributed by atoms with Crippen LogP contribution in [0.1, 0.15) is 29.3 Å². The molecule has 0 fully saturated rings. The summed E-state index contributed by atoms with van der Waals surface area (Å²) in [6, 6.07) is 22.5. The Labute approximate surface area is 183 Å². The second-order valence-electron chi connectivity index (χ2n) is 6.90. The number of anilines is 1. The van der Waals surface area contributed by atoms with Crippen LogP contribution in [0.15, 0.2) is 83.8 Å². The standard InChI is InChI=1S/C24H26N2O4S/c1-2-30-20-16-14-19(15-17-20)9-8-18-25-24(27)22-12-6-7-13-23(22)26-31(28,29)21-10-4-3-5-11-21/h3-7,10-17,26H,2,8-9,18H2,1H3,(H,25,27). The maximum atomic E-state index is 12.7. The van der Waals surface area contributed by atoms with Crippen LogP contribution in [-0.4, -0.2) is 27.5 Å². The van der Waals surface area contributed by atoms with Crippen molar-refractivity contribution in [3.63, 3.8) is 0 Å². The Kier molecular flexibility index (Phi) is 7.67. The summed E-state index contributed by atoms with van der Waals surface area (Å²) in [5.74, 6) is 0.521. The summed E-state index contributed by atoms with van der Waals surface area (Å²) in [7, 11) is -3.78. The molecule has 0 unspecified atom stereocenters. The smallest absolute Gasteiger partial charge is 0.261 e. The first kappa shape index (κ1) is 22.4. The van der Waals surface area contributed by atoms with Gasteiger partial charge in [0.25, 0.3) is 15.9 Å². The Morgan fingerprint density at radius 1 is 0.903 bits per heavy atom. The van der Waals surface area contributed by atoms with Crippen molar-refractivity contribution in [3.05, 3.63) is 90.0 Å². The summed E-state index contributed by atoms with van der Waals surface area (Å²) >= 11 is 0. The molecule has 0 aliphatic carbocycles. The molecule has 0 heterocycles. The molecule has 162 valence electrons. The first-order valence-electron chi connectivity index (χ1n) is 10.2. The van der Waals surface area contributed by atoms with Gasteiger partial charge in [0.05, 0.1) is 22.8 Å². The number of sulfonamides is 1. The van der Waals surface area contributed by atoms with Gasteiger partial charge in [0, 0.05) is 6.54 Å². The summed E-state index contributed by atoms with van der Waals surface area (Å²) in [5, 5.41) is 2.87. The van der Waals surface area contributed by atoms with E-state index in [0.717, 1.165) is 24.2 Å². The molecular formula is C24H26N2O4S. The van der Waals surface area contributed by atoms with Crippen LogP contribution in [0.4, 0.5) is 5.69 Å². The maximum absolute atomic E-state index is 12.7. The third-order valence-electron chi connectivity index (χ3n) is 4.63. The van der Waals surface area contributed by atoms with E-state index >= 15 is 0 Å². The highest BCUT2D eigenvalue weighted by Crippen LogP contribution is 2.20. The van der Waals surface area contributed by atoms with Gasteiger partial charge in [-0.25, -0.2) is 8.42 Å². The molecular weight excluding hydrogens is 412 g/mol. The van der Waals surface area contributed by atoms with E-state index in [1.54, 1.807) is 42.5 Å². The highest BCUT2D eigenvalue weighted by molar-refractivity contribution is 7.92. The van der Waals surface area contributed by atoms with Gasteiger partial charge in [0.2, 0.25) is 0 Å². The first-order chi connectivity index (χ1) is 15.0. The lowest BCUT2D eigenvalue weighted by atomic mass is 10.1. The van der Waals surface area contributed by atoms with Crippen LogP contribution >= 0.6 is 0 Å². The van der Waals surface area contributed by atoms with Crippen LogP contribution in [0.25, 0.3) is 0 Å². The van der Waals surface area contributed by atoms with Gasteiger partial charge in [-0.2, -0.15) is 0 Å². The van der Waals surface area contributed by atoms with Crippen LogP contribution < -0.4 is 14.8 Å². The summed E-state index contributed by atoms with van der Waals surface area (Å²) < 4.78 is 33.2. The number of hydrogen-bond acceptors (Lipinski definition) is 4. The van der Waals surface area contributed by atoms with Gasteiger partial charge in [0.1, 0.15) is 5.75 Å². The van der Waals surface area contributed by atoms with Gasteiger partial charge < -0.3 is 10.1 Å². The fourth-order valence-electron chi connectivity index (χ4n) is 3.08. The molecule has 0 aliphatic heterocycles. The highest BCUT2D eigenvalue weighted by Gasteiger charge is 2.18. The van der Waals surface area contributed by atoms with Gasteiger partial charge in [-0.15, -0.1) is 0 Å². The van der Waals surface area contributed by atoms with Crippen molar-refractivity contribution in [2.75, 3.05) is 17.9 Å². The minimum atomic E-state index is -3.78. The molecule has 0 aliphatic rings. The van der Waals surface area contributed by atoms with E-state index in [-0.39, 0.29) is 22.1 Å². The number of ether oxygens (including phenoxy) is 1. The summed E-state index contributed by atoms with van der Waals surface area (Å²) in [5.41, 5.74) is 1.69. The molecule has 1 amide bonds. The number of hydrogen-bond donors (Lipinski definition) is 2. The van der Waals surface area contributed by atoms with Gasteiger partial charge in [-0.3, -0.25) is 9.52 Å². The first-order valence-corrected chi connectivity index (χ1v) is 11.6. The van der Waals surface area contributed by atoms with Crippen molar-refractivity contribution >= 4 is 21.6 Å². The average Bonchev–Trinajstić information content (AvgIpc) is 2.78. The fraction of sp³-hybridized carbons (Fsp3) is 0.208. The van der Waals surface area contributed by atoms with Crippen LogP contribution in [-0.2, 0) is 16.4 Å². The molecule has 0 spiro atoms. The van der Waals surface area contributed by atoms with Crippen molar-refractivity contribution in [1.29, 1.82) is 0 Å². The Bertz CT molecular complexity index is 1100. The largest absolute Gasteiger partial charge is 0.494 e. The number of rotatable bonds is 10. The summed E-state index contributed by atoms with van der Waals surface area (Å²) in [4.78, 5) is 12.8. The summed E-state index contributed by atoms with van der Waals surface area (Å²) in [6.45, 7) is 3.06. The topological polar surface area (TPSA) is 84.5 Å². The second-order valence-corrected chi connectivity index (χ2v) is 8.58. The molecule has 0 saturated heterocycles. The third-order valence-corrected chi connectivity index (χ3v) is 6.01. The Morgan fingerprint density at radius 3 is 2.29 bits per heavy atom. The molecule has 0 aromatic heterocycles. The Balaban J connectivity index is 1.57. The zero-order chi connectivity index (χ0) is 22.1. The van der Waals surface area contributed by atoms with E-state index in [1.165, 1.54) is 12.1 Å². The van der Waals surface area contributed by atoms with E-state index in [0.29, 0.717) is 13.2 Å². The monoisotopic (exact) mass is 438 g/mol. The van der Waals surface area contributed by atoms with Gasteiger partial charge >= 0.3 is 0 Å². The molecule has 31 heavy (non-hydrogen) atoms. The third kappa shape index (κ3) is 6.33. The predicted molar refractivity (Wildman–Crippen MR) is 122 cm³/mol. The lowest BCUT2D eigenvalue weighted by molar-refractivity contribution is 0.0954. The number of amides is 1. The zero-order valence-electron chi connectivity index (χ0n) is 17.4. The van der Waals surface area contributed by atoms with Crippen molar-refractivity contribution in [2.24, 2.45) is 0 Å². The van der Waals surface area contributed by atoms with Crippen LogP contribution in [0.3, 0.4) is 0 Å². The molecule has 7 heteroatoms. The molecule has 6 nitrogen and oxygen atoms in total. The number of carbonyl (C=O) groups is 1. The van der Waals surface area contributed by atoms with Crippen LogP contribution in [0.2, 0.25) is 0 Å². The van der Waals surface area contributed by atoms with Crippen LogP contribution in [0, 0.1) is 0 Å². The molecule has 3 rings (SSSR count). The lowest BCUT2D eigenvalue weighted by Crippen LogP contribution is -2.26. The lowest BCUT2D eigenvalue weighted by Gasteiger charge is -2.13. The molecule has 0 radical (unpaired) electrons. The number of aryl methyl sites for hydroxylation is 1. The minimum absolute atomic E-state index is 0.139. The number of carbonyl (C=O) groups excluding carboxylic acids is 1. The van der Waals surface area contributed by atoms with E-state index in [4.69, 9.17) is 4.74 Å². The van der Waals surface area contributed by atoms with E-state index < -0.39 is 10.0 Å². The van der Waals surface area contributed by atoms with E-state index in [2.05, 4.69) is 10.0 Å². The molecule has 0 saturated carbocycles. The number of benzene rings is 3. The molecule has 2 N–H and O–H groups in total. The normalized spacial score (nSPS) is 11.0. The van der Waals surface area contributed by atoms with Crippen molar-refractivity contribution in [1.82, 2.24) is 5.32 Å².